The van der Waals surface area contributed by atoms with Gasteiger partial charge in [0, 0.05) is 25.5 Å². The second-order valence-corrected chi connectivity index (χ2v) is 3.18. The van der Waals surface area contributed by atoms with Crippen LogP contribution in [0.5, 0.6) is 0 Å². The summed E-state index contributed by atoms with van der Waals surface area (Å²) < 4.78 is 5.17. The molecule has 0 amide bonds. The summed E-state index contributed by atoms with van der Waals surface area (Å²) in [6, 6.07) is 0. The topological polar surface area (TPSA) is 35.2 Å². The smallest absolute Gasteiger partial charge is 0.0473 e. The van der Waals surface area contributed by atoms with Gasteiger partial charge < -0.3 is 10.5 Å². The van der Waals surface area contributed by atoms with E-state index in [-0.39, 0.29) is 0 Å². The molecule has 0 aromatic heterocycles. The molecule has 0 aromatic rings. The summed E-state index contributed by atoms with van der Waals surface area (Å²) in [5.74, 6) is 2.25. The quantitative estimate of drug-likeness (QED) is 0.629. The second-order valence-electron chi connectivity index (χ2n) is 1.95. The standard InChI is InChI=1S/C7H17NOS.C2H6/c1-2-9-5-3-6-10-7-4-8;1-2/h2-8H2,1H3;1-2H3. The number of rotatable bonds is 7. The molecule has 0 rings (SSSR count). The van der Waals surface area contributed by atoms with E-state index in [1.165, 1.54) is 5.75 Å². The molecule has 0 heterocycles. The van der Waals surface area contributed by atoms with Gasteiger partial charge in [-0.05, 0) is 19.1 Å². The molecule has 12 heavy (non-hydrogen) atoms. The van der Waals surface area contributed by atoms with Gasteiger partial charge in [0.2, 0.25) is 0 Å². The van der Waals surface area contributed by atoms with Crippen molar-refractivity contribution in [3.8, 4) is 0 Å². The van der Waals surface area contributed by atoms with E-state index in [0.29, 0.717) is 0 Å². The van der Waals surface area contributed by atoms with Crippen LogP contribution in [0.25, 0.3) is 0 Å². The molecule has 0 saturated carbocycles. The average molecular weight is 193 g/mol. The number of hydrogen-bond acceptors (Lipinski definition) is 3. The van der Waals surface area contributed by atoms with Crippen LogP contribution in [-0.4, -0.2) is 31.3 Å². The van der Waals surface area contributed by atoms with Crippen LogP contribution in [0.3, 0.4) is 0 Å². The van der Waals surface area contributed by atoms with Gasteiger partial charge in [0.25, 0.3) is 0 Å². The lowest BCUT2D eigenvalue weighted by Crippen LogP contribution is -2.02. The molecule has 0 radical (unpaired) electrons. The van der Waals surface area contributed by atoms with Crippen molar-refractivity contribution in [2.75, 3.05) is 31.3 Å². The minimum Gasteiger partial charge on any atom is -0.382 e. The van der Waals surface area contributed by atoms with E-state index in [2.05, 4.69) is 0 Å². The Kier molecular flexibility index (Phi) is 21.4. The molecule has 0 bridgehead atoms. The van der Waals surface area contributed by atoms with Gasteiger partial charge >= 0.3 is 0 Å². The van der Waals surface area contributed by atoms with Gasteiger partial charge in [-0.15, -0.1) is 0 Å². The highest BCUT2D eigenvalue weighted by atomic mass is 32.2. The number of hydrogen-bond donors (Lipinski definition) is 1. The average Bonchev–Trinajstić information content (AvgIpc) is 2.15. The van der Waals surface area contributed by atoms with Crippen LogP contribution in [0.1, 0.15) is 27.2 Å². The molecule has 3 heteroatoms. The summed E-state index contributed by atoms with van der Waals surface area (Å²) >= 11 is 1.90. The summed E-state index contributed by atoms with van der Waals surface area (Å²) in [5, 5.41) is 0. The molecular weight excluding hydrogens is 170 g/mol. The van der Waals surface area contributed by atoms with E-state index in [9.17, 15) is 0 Å². The highest BCUT2D eigenvalue weighted by Gasteiger charge is 1.87. The van der Waals surface area contributed by atoms with Gasteiger partial charge in [0.05, 0.1) is 0 Å². The van der Waals surface area contributed by atoms with Gasteiger partial charge in [-0.25, -0.2) is 0 Å². The van der Waals surface area contributed by atoms with Crippen LogP contribution < -0.4 is 5.73 Å². The van der Waals surface area contributed by atoms with Gasteiger partial charge in [-0.3, -0.25) is 0 Å². The van der Waals surface area contributed by atoms with Crippen LogP contribution in [0, 0.1) is 0 Å². The molecule has 2 nitrogen and oxygen atoms in total. The summed E-state index contributed by atoms with van der Waals surface area (Å²) in [7, 11) is 0. The SMILES string of the molecule is CC.CCOCCCSCCN. The fourth-order valence-electron chi connectivity index (χ4n) is 0.593. The van der Waals surface area contributed by atoms with Crippen molar-refractivity contribution in [2.24, 2.45) is 5.73 Å². The van der Waals surface area contributed by atoms with E-state index in [0.717, 1.165) is 31.9 Å². The molecule has 0 fully saturated rings. The van der Waals surface area contributed by atoms with Crippen LogP contribution in [0.2, 0.25) is 0 Å². The zero-order valence-electron chi connectivity index (χ0n) is 8.64. The largest absolute Gasteiger partial charge is 0.382 e. The minimum atomic E-state index is 0.791. The predicted molar refractivity (Wildman–Crippen MR) is 58.8 cm³/mol. The van der Waals surface area contributed by atoms with E-state index in [1.807, 2.05) is 32.5 Å². The molecule has 0 saturated heterocycles. The van der Waals surface area contributed by atoms with Crippen molar-refractivity contribution in [2.45, 2.75) is 27.2 Å². The van der Waals surface area contributed by atoms with E-state index in [1.54, 1.807) is 0 Å². The molecule has 0 aliphatic heterocycles. The van der Waals surface area contributed by atoms with Crippen LogP contribution in [0.15, 0.2) is 0 Å². The molecule has 0 aliphatic carbocycles. The maximum Gasteiger partial charge on any atom is 0.0473 e. The number of nitrogens with two attached hydrogens (primary N) is 1. The summed E-state index contributed by atoms with van der Waals surface area (Å²) in [4.78, 5) is 0. The fourth-order valence-corrected chi connectivity index (χ4v) is 1.29. The Balaban J connectivity index is 0. The molecule has 0 spiro atoms. The lowest BCUT2D eigenvalue weighted by Gasteiger charge is -1.99. The van der Waals surface area contributed by atoms with Gasteiger partial charge in [0.15, 0.2) is 0 Å². The monoisotopic (exact) mass is 193 g/mol. The minimum absolute atomic E-state index is 0.791. The predicted octanol–water partition coefficient (Wildman–Crippen LogP) is 2.13. The van der Waals surface area contributed by atoms with E-state index < -0.39 is 0 Å². The third kappa shape index (κ3) is 16.7. The van der Waals surface area contributed by atoms with Gasteiger partial charge in [-0.1, -0.05) is 13.8 Å². The zero-order valence-corrected chi connectivity index (χ0v) is 9.45. The Labute approximate surface area is 81.2 Å². The van der Waals surface area contributed by atoms with E-state index >= 15 is 0 Å². The molecule has 0 aromatic carbocycles. The molecule has 0 unspecified atom stereocenters. The van der Waals surface area contributed by atoms with E-state index in [4.69, 9.17) is 10.5 Å². The Hall–Kier alpha value is 0.270. The first-order chi connectivity index (χ1) is 5.91. The van der Waals surface area contributed by atoms with Gasteiger partial charge in [-0.2, -0.15) is 11.8 Å². The Morgan fingerprint density at radius 1 is 1.25 bits per heavy atom. The second kappa shape index (κ2) is 17.4. The fraction of sp³-hybridized carbons (Fsp3) is 1.00. The van der Waals surface area contributed by atoms with Crippen molar-refractivity contribution in [3.05, 3.63) is 0 Å². The molecule has 2 N–H and O–H groups in total. The van der Waals surface area contributed by atoms with Gasteiger partial charge in [0.1, 0.15) is 0 Å². The lowest BCUT2D eigenvalue weighted by molar-refractivity contribution is 0.149. The van der Waals surface area contributed by atoms with Crippen LogP contribution >= 0.6 is 11.8 Å². The van der Waals surface area contributed by atoms with Crippen molar-refractivity contribution in [3.63, 3.8) is 0 Å². The molecule has 76 valence electrons. The zero-order chi connectivity index (χ0) is 9.66. The van der Waals surface area contributed by atoms with Crippen LogP contribution in [-0.2, 0) is 4.74 Å². The maximum atomic E-state index is 5.32. The van der Waals surface area contributed by atoms with Crippen molar-refractivity contribution in [1.29, 1.82) is 0 Å². The normalized spacial score (nSPS) is 9.00. The first-order valence-corrected chi connectivity index (χ1v) is 5.92. The molecule has 0 atom stereocenters. The van der Waals surface area contributed by atoms with Crippen molar-refractivity contribution in [1.82, 2.24) is 0 Å². The number of ether oxygens (including phenoxy) is 1. The molecular formula is C9H23NOS. The Morgan fingerprint density at radius 2 is 1.92 bits per heavy atom. The van der Waals surface area contributed by atoms with Crippen molar-refractivity contribution < 1.29 is 4.74 Å². The third-order valence-electron chi connectivity index (χ3n) is 1.04. The maximum absolute atomic E-state index is 5.32. The lowest BCUT2D eigenvalue weighted by atomic mass is 10.5. The summed E-state index contributed by atoms with van der Waals surface area (Å²) in [6.45, 7) is 8.54. The first-order valence-electron chi connectivity index (χ1n) is 4.77. The molecule has 0 aliphatic rings. The summed E-state index contributed by atoms with van der Waals surface area (Å²) in [5.41, 5.74) is 5.32. The highest BCUT2D eigenvalue weighted by Crippen LogP contribution is 2.00. The van der Waals surface area contributed by atoms with Crippen molar-refractivity contribution >= 4 is 11.8 Å². The summed E-state index contributed by atoms with van der Waals surface area (Å²) in [6.07, 6.45) is 1.15. The third-order valence-corrected chi connectivity index (χ3v) is 2.15. The first kappa shape index (κ1) is 14.8. The Morgan fingerprint density at radius 3 is 2.42 bits per heavy atom. The Bertz CT molecular complexity index is 54.5. The number of thioether (sulfide) groups is 1. The van der Waals surface area contributed by atoms with Crippen LogP contribution in [0.4, 0.5) is 0 Å². The highest BCUT2D eigenvalue weighted by molar-refractivity contribution is 7.99.